The topological polar surface area (TPSA) is 61.4 Å². The maximum Gasteiger partial charge on any atom is 0.234 e. The van der Waals surface area contributed by atoms with Crippen LogP contribution in [0.3, 0.4) is 0 Å². The van der Waals surface area contributed by atoms with Crippen LogP contribution >= 0.6 is 0 Å². The van der Waals surface area contributed by atoms with Crippen molar-refractivity contribution in [2.75, 3.05) is 13.2 Å². The minimum atomic E-state index is -0.140. The number of rotatable bonds is 5. The van der Waals surface area contributed by atoms with Crippen molar-refractivity contribution < 1.29 is 9.90 Å². The molecule has 12 heavy (non-hydrogen) atoms. The molecule has 1 aliphatic carbocycles. The van der Waals surface area contributed by atoms with Crippen molar-refractivity contribution in [3.05, 3.63) is 0 Å². The van der Waals surface area contributed by atoms with Crippen molar-refractivity contribution in [2.24, 2.45) is 0 Å². The molecule has 0 unspecified atom stereocenters. The summed E-state index contributed by atoms with van der Waals surface area (Å²) in [5, 5.41) is 14.4. The Labute approximate surface area is 72.3 Å². The van der Waals surface area contributed by atoms with E-state index in [2.05, 4.69) is 10.6 Å². The normalized spacial score (nSPS) is 18.8. The maximum atomic E-state index is 11.1. The van der Waals surface area contributed by atoms with Gasteiger partial charge in [-0.15, -0.1) is 0 Å². The second-order valence-corrected chi connectivity index (χ2v) is 3.31. The molecule has 0 heterocycles. The van der Waals surface area contributed by atoms with E-state index in [1.54, 1.807) is 6.92 Å². The van der Waals surface area contributed by atoms with Crippen LogP contribution in [0.4, 0.5) is 0 Å². The van der Waals surface area contributed by atoms with Crippen LogP contribution < -0.4 is 10.6 Å². The lowest BCUT2D eigenvalue weighted by molar-refractivity contribution is -0.121. The number of nitrogens with one attached hydrogen (secondary N) is 2. The average molecular weight is 172 g/mol. The van der Waals surface area contributed by atoms with Crippen LogP contribution in [0.1, 0.15) is 19.8 Å². The summed E-state index contributed by atoms with van der Waals surface area (Å²) in [6, 6.07) is 0.415. The minimum Gasteiger partial charge on any atom is -0.394 e. The minimum absolute atomic E-state index is 0.00479. The summed E-state index contributed by atoms with van der Waals surface area (Å²) < 4.78 is 0. The Kier molecular flexibility index (Phi) is 3.49. The quantitative estimate of drug-likeness (QED) is 0.510. The molecule has 70 valence electrons. The van der Waals surface area contributed by atoms with Gasteiger partial charge in [0.1, 0.15) is 0 Å². The fourth-order valence-corrected chi connectivity index (χ4v) is 0.896. The number of carbonyl (C=O) groups is 1. The van der Waals surface area contributed by atoms with E-state index in [9.17, 15) is 4.79 Å². The first-order valence-corrected chi connectivity index (χ1v) is 4.36. The molecule has 4 heteroatoms. The Morgan fingerprint density at radius 2 is 2.33 bits per heavy atom. The van der Waals surface area contributed by atoms with Gasteiger partial charge >= 0.3 is 0 Å². The molecule has 0 aromatic carbocycles. The van der Waals surface area contributed by atoms with Crippen molar-refractivity contribution in [1.82, 2.24) is 10.6 Å². The molecule has 1 rings (SSSR count). The first kappa shape index (κ1) is 9.48. The van der Waals surface area contributed by atoms with Crippen LogP contribution in [0.5, 0.6) is 0 Å². The van der Waals surface area contributed by atoms with Crippen molar-refractivity contribution in [1.29, 1.82) is 0 Å². The molecule has 0 spiro atoms. The first-order chi connectivity index (χ1) is 5.72. The molecule has 0 aromatic rings. The summed E-state index contributed by atoms with van der Waals surface area (Å²) in [5.41, 5.74) is 0. The molecular formula is C8H16N2O2. The van der Waals surface area contributed by atoms with Gasteiger partial charge in [-0.2, -0.15) is 0 Å². The standard InChI is InChI=1S/C8H16N2O2/c1-6(5-11)10-8(12)4-9-7-2-3-7/h6-7,9,11H,2-5H2,1H3,(H,10,12)/t6-/m0/s1. The molecule has 0 aliphatic heterocycles. The molecule has 1 aliphatic rings. The third kappa shape index (κ3) is 3.69. The van der Waals surface area contributed by atoms with Crippen molar-refractivity contribution in [2.45, 2.75) is 31.8 Å². The summed E-state index contributed by atoms with van der Waals surface area (Å²) in [6.45, 7) is 2.14. The fourth-order valence-electron chi connectivity index (χ4n) is 0.896. The predicted octanol–water partition coefficient (Wildman–Crippen LogP) is -0.765. The lowest BCUT2D eigenvalue weighted by atomic mass is 10.3. The third-order valence-corrected chi connectivity index (χ3v) is 1.81. The summed E-state index contributed by atoms with van der Waals surface area (Å²) in [5.74, 6) is -0.0385. The molecule has 0 radical (unpaired) electrons. The first-order valence-electron chi connectivity index (χ1n) is 4.36. The van der Waals surface area contributed by atoms with Crippen LogP contribution in [0.2, 0.25) is 0 Å². The Hall–Kier alpha value is -0.610. The number of aliphatic hydroxyl groups is 1. The highest BCUT2D eigenvalue weighted by atomic mass is 16.3. The van der Waals surface area contributed by atoms with Gasteiger partial charge in [-0.25, -0.2) is 0 Å². The van der Waals surface area contributed by atoms with Gasteiger partial charge in [0.05, 0.1) is 13.2 Å². The predicted molar refractivity (Wildman–Crippen MR) is 45.7 cm³/mol. The highest BCUT2D eigenvalue weighted by molar-refractivity contribution is 5.78. The highest BCUT2D eigenvalue weighted by Crippen LogP contribution is 2.17. The fraction of sp³-hybridized carbons (Fsp3) is 0.875. The molecule has 1 fully saturated rings. The van der Waals surface area contributed by atoms with Gasteiger partial charge in [0.25, 0.3) is 0 Å². The zero-order chi connectivity index (χ0) is 8.97. The van der Waals surface area contributed by atoms with Crippen LogP contribution in [0.15, 0.2) is 0 Å². The second-order valence-electron chi connectivity index (χ2n) is 3.31. The SMILES string of the molecule is C[C@@H](CO)NC(=O)CNC1CC1. The van der Waals surface area contributed by atoms with E-state index in [-0.39, 0.29) is 18.6 Å². The van der Waals surface area contributed by atoms with Crippen molar-refractivity contribution in [3.8, 4) is 0 Å². The van der Waals surface area contributed by atoms with E-state index in [0.29, 0.717) is 12.6 Å². The number of carbonyl (C=O) groups excluding carboxylic acids is 1. The molecule has 1 saturated carbocycles. The molecule has 1 atom stereocenters. The van der Waals surface area contributed by atoms with E-state index in [1.807, 2.05) is 0 Å². The van der Waals surface area contributed by atoms with Gasteiger partial charge in [0.15, 0.2) is 0 Å². The highest BCUT2D eigenvalue weighted by Gasteiger charge is 2.21. The largest absolute Gasteiger partial charge is 0.394 e. The monoisotopic (exact) mass is 172 g/mol. The van der Waals surface area contributed by atoms with E-state index in [1.165, 1.54) is 12.8 Å². The zero-order valence-electron chi connectivity index (χ0n) is 7.34. The van der Waals surface area contributed by atoms with Crippen LogP contribution in [0.25, 0.3) is 0 Å². The smallest absolute Gasteiger partial charge is 0.234 e. The van der Waals surface area contributed by atoms with Gasteiger partial charge < -0.3 is 15.7 Å². The lowest BCUT2D eigenvalue weighted by Crippen LogP contribution is -2.41. The Morgan fingerprint density at radius 3 is 2.83 bits per heavy atom. The Bertz CT molecular complexity index is 157. The summed E-state index contributed by atoms with van der Waals surface area (Å²) in [4.78, 5) is 11.1. The molecular weight excluding hydrogens is 156 g/mol. The van der Waals surface area contributed by atoms with Gasteiger partial charge in [0, 0.05) is 12.1 Å². The second kappa shape index (κ2) is 4.42. The van der Waals surface area contributed by atoms with Crippen molar-refractivity contribution >= 4 is 5.91 Å². The molecule has 3 N–H and O–H groups in total. The molecule has 0 aromatic heterocycles. The molecule has 0 bridgehead atoms. The molecule has 4 nitrogen and oxygen atoms in total. The number of amides is 1. The zero-order valence-corrected chi connectivity index (χ0v) is 7.34. The maximum absolute atomic E-state index is 11.1. The number of aliphatic hydroxyl groups excluding tert-OH is 1. The summed E-state index contributed by atoms with van der Waals surface area (Å²) in [7, 11) is 0. The molecule has 0 saturated heterocycles. The van der Waals surface area contributed by atoms with Gasteiger partial charge in [-0.1, -0.05) is 0 Å². The van der Waals surface area contributed by atoms with Gasteiger partial charge in [0.2, 0.25) is 5.91 Å². The van der Waals surface area contributed by atoms with Gasteiger partial charge in [-0.05, 0) is 19.8 Å². The van der Waals surface area contributed by atoms with Crippen LogP contribution in [-0.2, 0) is 4.79 Å². The van der Waals surface area contributed by atoms with Gasteiger partial charge in [-0.3, -0.25) is 4.79 Å². The van der Waals surface area contributed by atoms with Crippen LogP contribution in [-0.4, -0.2) is 36.2 Å². The van der Waals surface area contributed by atoms with Crippen molar-refractivity contribution in [3.63, 3.8) is 0 Å². The number of hydrogen-bond acceptors (Lipinski definition) is 3. The van der Waals surface area contributed by atoms with E-state index >= 15 is 0 Å². The molecule has 1 amide bonds. The average Bonchev–Trinajstić information content (AvgIpc) is 2.83. The van der Waals surface area contributed by atoms with E-state index < -0.39 is 0 Å². The lowest BCUT2D eigenvalue weighted by Gasteiger charge is -2.10. The van der Waals surface area contributed by atoms with E-state index in [4.69, 9.17) is 5.11 Å². The third-order valence-electron chi connectivity index (χ3n) is 1.81. The Balaban J connectivity index is 2.01. The van der Waals surface area contributed by atoms with E-state index in [0.717, 1.165) is 0 Å². The number of hydrogen-bond donors (Lipinski definition) is 3. The Morgan fingerprint density at radius 1 is 1.67 bits per heavy atom. The summed E-state index contributed by atoms with van der Waals surface area (Å²) in [6.07, 6.45) is 2.37. The summed E-state index contributed by atoms with van der Waals surface area (Å²) >= 11 is 0. The van der Waals surface area contributed by atoms with Crippen LogP contribution in [0, 0.1) is 0 Å².